The molecule has 0 saturated heterocycles. The number of ether oxygens (including phenoxy) is 1. The molecule has 0 fully saturated rings. The van der Waals surface area contributed by atoms with Crippen LogP contribution < -0.4 is 10.1 Å². The van der Waals surface area contributed by atoms with Crippen molar-refractivity contribution < 1.29 is 14.1 Å². The van der Waals surface area contributed by atoms with E-state index >= 15 is 0 Å². The monoisotopic (exact) mass is 419 g/mol. The highest BCUT2D eigenvalue weighted by Gasteiger charge is 2.15. The number of carbonyl (C=O) groups excluding carboxylic acids is 1. The van der Waals surface area contributed by atoms with Gasteiger partial charge in [-0.15, -0.1) is 0 Å². The lowest BCUT2D eigenvalue weighted by Crippen LogP contribution is -2.15. The maximum absolute atomic E-state index is 12.5. The molecule has 4 aromatic rings. The van der Waals surface area contributed by atoms with E-state index in [0.29, 0.717) is 28.0 Å². The second-order valence-corrected chi connectivity index (χ2v) is 6.95. The van der Waals surface area contributed by atoms with Gasteiger partial charge in [0.2, 0.25) is 11.7 Å². The fraction of sp³-hybridized carbons (Fsp3) is 0.0870. The van der Waals surface area contributed by atoms with Gasteiger partial charge in [-0.25, -0.2) is 0 Å². The van der Waals surface area contributed by atoms with E-state index in [2.05, 4.69) is 15.5 Å². The molecule has 30 heavy (non-hydrogen) atoms. The molecule has 0 bridgehead atoms. The number of rotatable bonds is 7. The minimum Gasteiger partial charge on any atom is -0.485 e. The largest absolute Gasteiger partial charge is 0.485 e. The summed E-state index contributed by atoms with van der Waals surface area (Å²) in [6.45, 7) is 0.179. The fourth-order valence-electron chi connectivity index (χ4n) is 2.85. The van der Waals surface area contributed by atoms with Gasteiger partial charge in [-0.05, 0) is 42.0 Å². The van der Waals surface area contributed by atoms with E-state index in [1.807, 2.05) is 60.7 Å². The number of hydrogen-bond donors (Lipinski definition) is 1. The summed E-state index contributed by atoms with van der Waals surface area (Å²) in [6, 6.07) is 23.8. The molecule has 1 N–H and O–H groups in total. The van der Waals surface area contributed by atoms with Crippen LogP contribution in [0.1, 0.15) is 11.4 Å². The quantitative estimate of drug-likeness (QED) is 0.448. The third kappa shape index (κ3) is 5.04. The van der Waals surface area contributed by atoms with Crippen LogP contribution in [0.25, 0.3) is 11.5 Å². The topological polar surface area (TPSA) is 77.2 Å². The Morgan fingerprint density at radius 3 is 2.50 bits per heavy atom. The molecule has 0 aliphatic rings. The minimum absolute atomic E-state index is 0.156. The Kier molecular flexibility index (Phi) is 6.06. The van der Waals surface area contributed by atoms with Crippen molar-refractivity contribution in [2.75, 3.05) is 5.32 Å². The number of para-hydroxylation sites is 2. The van der Waals surface area contributed by atoms with Crippen molar-refractivity contribution >= 4 is 23.2 Å². The lowest BCUT2D eigenvalue weighted by molar-refractivity contribution is -0.115. The molecule has 1 heterocycles. The van der Waals surface area contributed by atoms with Gasteiger partial charge in [-0.1, -0.05) is 59.2 Å². The van der Waals surface area contributed by atoms with Gasteiger partial charge < -0.3 is 14.6 Å². The SMILES string of the molecule is O=C(Cc1ccc(Cl)cc1)Nc1ccccc1-c1nc(COc2ccccc2)no1. The average Bonchev–Trinajstić information content (AvgIpc) is 3.24. The highest BCUT2D eigenvalue weighted by Crippen LogP contribution is 2.27. The van der Waals surface area contributed by atoms with E-state index < -0.39 is 0 Å². The maximum atomic E-state index is 12.5. The molecule has 1 aromatic heterocycles. The number of halogens is 1. The third-order valence-corrected chi connectivity index (χ3v) is 4.54. The van der Waals surface area contributed by atoms with Crippen molar-refractivity contribution in [2.24, 2.45) is 0 Å². The van der Waals surface area contributed by atoms with Gasteiger partial charge >= 0.3 is 0 Å². The molecule has 0 radical (unpaired) electrons. The Bertz CT molecular complexity index is 1130. The lowest BCUT2D eigenvalue weighted by atomic mass is 10.1. The summed E-state index contributed by atoms with van der Waals surface area (Å²) in [5.41, 5.74) is 2.10. The van der Waals surface area contributed by atoms with Crippen LogP contribution >= 0.6 is 11.6 Å². The predicted octanol–water partition coefficient (Wildman–Crippen LogP) is 5.15. The number of benzene rings is 3. The summed E-state index contributed by atoms with van der Waals surface area (Å²) in [7, 11) is 0. The van der Waals surface area contributed by atoms with E-state index in [9.17, 15) is 4.79 Å². The van der Waals surface area contributed by atoms with Crippen LogP contribution in [-0.4, -0.2) is 16.0 Å². The Labute approximate surface area is 178 Å². The van der Waals surface area contributed by atoms with E-state index in [1.54, 1.807) is 18.2 Å². The van der Waals surface area contributed by atoms with Crippen LogP contribution in [0.4, 0.5) is 5.69 Å². The minimum atomic E-state index is -0.156. The molecule has 4 rings (SSSR count). The number of nitrogens with one attached hydrogen (secondary N) is 1. The Morgan fingerprint density at radius 1 is 0.967 bits per heavy atom. The first-order valence-electron chi connectivity index (χ1n) is 9.31. The molecule has 7 heteroatoms. The van der Waals surface area contributed by atoms with Crippen molar-refractivity contribution in [3.05, 3.63) is 95.3 Å². The average molecular weight is 420 g/mol. The van der Waals surface area contributed by atoms with Gasteiger partial charge in [-0.3, -0.25) is 4.79 Å². The molecular formula is C23H18ClN3O3. The second-order valence-electron chi connectivity index (χ2n) is 6.51. The zero-order valence-electron chi connectivity index (χ0n) is 15.9. The van der Waals surface area contributed by atoms with E-state index in [1.165, 1.54) is 0 Å². The van der Waals surface area contributed by atoms with Gasteiger partial charge in [0, 0.05) is 5.02 Å². The van der Waals surface area contributed by atoms with E-state index in [4.69, 9.17) is 20.9 Å². The number of hydrogen-bond acceptors (Lipinski definition) is 5. The van der Waals surface area contributed by atoms with Crippen molar-refractivity contribution in [1.82, 2.24) is 10.1 Å². The van der Waals surface area contributed by atoms with Crippen LogP contribution in [0.3, 0.4) is 0 Å². The fourth-order valence-corrected chi connectivity index (χ4v) is 2.97. The predicted molar refractivity (Wildman–Crippen MR) is 114 cm³/mol. The van der Waals surface area contributed by atoms with Gasteiger partial charge in [0.1, 0.15) is 5.75 Å². The number of amides is 1. The zero-order valence-corrected chi connectivity index (χ0v) is 16.7. The summed E-state index contributed by atoms with van der Waals surface area (Å²) >= 11 is 5.89. The molecule has 0 aliphatic heterocycles. The van der Waals surface area contributed by atoms with Crippen molar-refractivity contribution in [2.45, 2.75) is 13.0 Å². The highest BCUT2D eigenvalue weighted by molar-refractivity contribution is 6.30. The third-order valence-electron chi connectivity index (χ3n) is 4.29. The zero-order chi connectivity index (χ0) is 20.8. The molecule has 6 nitrogen and oxygen atoms in total. The molecule has 3 aromatic carbocycles. The first-order valence-corrected chi connectivity index (χ1v) is 9.69. The molecule has 0 aliphatic carbocycles. The lowest BCUT2D eigenvalue weighted by Gasteiger charge is -2.08. The van der Waals surface area contributed by atoms with Crippen LogP contribution in [-0.2, 0) is 17.8 Å². The first kappa shape index (κ1) is 19.7. The molecule has 1 amide bonds. The van der Waals surface area contributed by atoms with Crippen LogP contribution in [0.5, 0.6) is 5.75 Å². The molecule has 0 unspecified atom stereocenters. The summed E-state index contributed by atoms with van der Waals surface area (Å²) in [4.78, 5) is 16.9. The Morgan fingerprint density at radius 2 is 1.70 bits per heavy atom. The summed E-state index contributed by atoms with van der Waals surface area (Å²) in [5, 5.41) is 7.51. The van der Waals surface area contributed by atoms with Crippen molar-refractivity contribution in [3.63, 3.8) is 0 Å². The number of aromatic nitrogens is 2. The Hall–Kier alpha value is -3.64. The van der Waals surface area contributed by atoms with Gasteiger partial charge in [0.15, 0.2) is 6.61 Å². The molecule has 150 valence electrons. The van der Waals surface area contributed by atoms with Crippen molar-refractivity contribution in [3.8, 4) is 17.2 Å². The van der Waals surface area contributed by atoms with Crippen LogP contribution in [0.2, 0.25) is 5.02 Å². The summed E-state index contributed by atoms with van der Waals surface area (Å²) in [5.74, 6) is 1.29. The second kappa shape index (κ2) is 9.24. The molecule has 0 spiro atoms. The molecule has 0 saturated carbocycles. The molecule has 0 atom stereocenters. The van der Waals surface area contributed by atoms with Crippen LogP contribution in [0.15, 0.2) is 83.4 Å². The molecular weight excluding hydrogens is 402 g/mol. The standard InChI is InChI=1S/C23H18ClN3O3/c24-17-12-10-16(11-13-17)14-22(28)25-20-9-5-4-8-19(20)23-26-21(27-30-23)15-29-18-6-2-1-3-7-18/h1-13H,14-15H2,(H,25,28). The van der Waals surface area contributed by atoms with Crippen molar-refractivity contribution in [1.29, 1.82) is 0 Å². The van der Waals surface area contributed by atoms with Crippen LogP contribution in [0, 0.1) is 0 Å². The number of nitrogens with zero attached hydrogens (tertiary/aromatic N) is 2. The van der Waals surface area contributed by atoms with E-state index in [0.717, 1.165) is 11.3 Å². The Balaban J connectivity index is 1.44. The number of carbonyl (C=O) groups is 1. The normalized spacial score (nSPS) is 10.6. The highest BCUT2D eigenvalue weighted by atomic mass is 35.5. The maximum Gasteiger partial charge on any atom is 0.260 e. The van der Waals surface area contributed by atoms with Gasteiger partial charge in [0.05, 0.1) is 17.7 Å². The summed E-state index contributed by atoms with van der Waals surface area (Å²) in [6.07, 6.45) is 0.228. The first-order chi connectivity index (χ1) is 14.7. The summed E-state index contributed by atoms with van der Waals surface area (Å²) < 4.78 is 11.0. The number of anilines is 1. The van der Waals surface area contributed by atoms with Gasteiger partial charge in [-0.2, -0.15) is 4.98 Å². The van der Waals surface area contributed by atoms with E-state index in [-0.39, 0.29) is 18.9 Å². The van der Waals surface area contributed by atoms with Gasteiger partial charge in [0.25, 0.3) is 5.89 Å². The smallest absolute Gasteiger partial charge is 0.260 e.